The molecule has 2 aliphatic carbocycles. The Balaban J connectivity index is 1.34. The van der Waals surface area contributed by atoms with Crippen LogP contribution in [0.4, 0.5) is 5.69 Å². The lowest BCUT2D eigenvalue weighted by Crippen LogP contribution is -2.26. The fourth-order valence-electron chi connectivity index (χ4n) is 5.33. The van der Waals surface area contributed by atoms with Crippen molar-refractivity contribution in [2.75, 3.05) is 5.32 Å². The standard InChI is InChI=1S/C29H33N3O2/c1-19-25(18-27(33)32-31-19)16-21-11-13-24(14-12-21)28(23-6-2-3-7-23)29(34)30-26-8-4-5-22(17-26)15-20-9-10-20/h4-5,8,11-14,17-18,20,23,28H,2-3,6-7,9-10,15-16H2,1H3,(H,30,34)(H,32,33). The summed E-state index contributed by atoms with van der Waals surface area (Å²) in [6, 6.07) is 18.3. The zero-order chi connectivity index (χ0) is 23.5. The first kappa shape index (κ1) is 22.6. The number of aryl methyl sites for hydroxylation is 1. The van der Waals surface area contributed by atoms with Gasteiger partial charge >= 0.3 is 0 Å². The minimum Gasteiger partial charge on any atom is -0.326 e. The minimum absolute atomic E-state index is 0.0952. The summed E-state index contributed by atoms with van der Waals surface area (Å²) in [4.78, 5) is 25.2. The van der Waals surface area contributed by atoms with Crippen LogP contribution in [-0.4, -0.2) is 16.1 Å². The largest absolute Gasteiger partial charge is 0.326 e. The molecule has 1 aromatic heterocycles. The van der Waals surface area contributed by atoms with Crippen molar-refractivity contribution in [2.24, 2.45) is 11.8 Å². The van der Waals surface area contributed by atoms with Crippen LogP contribution in [0.15, 0.2) is 59.4 Å². The zero-order valence-corrected chi connectivity index (χ0v) is 19.8. The molecule has 1 heterocycles. The van der Waals surface area contributed by atoms with E-state index in [0.717, 1.165) is 53.3 Å². The van der Waals surface area contributed by atoms with Crippen LogP contribution < -0.4 is 10.9 Å². The van der Waals surface area contributed by atoms with Gasteiger partial charge in [-0.25, -0.2) is 5.10 Å². The molecule has 5 heteroatoms. The second-order valence-corrected chi connectivity index (χ2v) is 10.1. The maximum absolute atomic E-state index is 13.5. The number of rotatable bonds is 8. The molecular weight excluding hydrogens is 422 g/mol. The van der Waals surface area contributed by atoms with Crippen molar-refractivity contribution in [3.63, 3.8) is 0 Å². The molecule has 0 spiro atoms. The maximum atomic E-state index is 13.5. The highest BCUT2D eigenvalue weighted by molar-refractivity contribution is 5.96. The zero-order valence-electron chi connectivity index (χ0n) is 19.8. The summed E-state index contributed by atoms with van der Waals surface area (Å²) in [5.74, 6) is 1.15. The summed E-state index contributed by atoms with van der Waals surface area (Å²) in [6.07, 6.45) is 8.99. The Hall–Kier alpha value is -3.21. The molecule has 1 unspecified atom stereocenters. The molecule has 2 saturated carbocycles. The number of benzene rings is 2. The molecule has 0 bridgehead atoms. The smallest absolute Gasteiger partial charge is 0.264 e. The summed E-state index contributed by atoms with van der Waals surface area (Å²) < 4.78 is 0. The van der Waals surface area contributed by atoms with E-state index < -0.39 is 0 Å². The molecule has 5 rings (SSSR count). The number of H-pyrrole nitrogens is 1. The maximum Gasteiger partial charge on any atom is 0.264 e. The molecule has 1 amide bonds. The van der Waals surface area contributed by atoms with Gasteiger partial charge in [0.05, 0.1) is 11.6 Å². The van der Waals surface area contributed by atoms with Crippen molar-refractivity contribution in [3.8, 4) is 0 Å². The molecule has 34 heavy (non-hydrogen) atoms. The molecule has 2 fully saturated rings. The van der Waals surface area contributed by atoms with E-state index in [1.54, 1.807) is 6.07 Å². The number of amides is 1. The Bertz CT molecular complexity index is 1200. The lowest BCUT2D eigenvalue weighted by Gasteiger charge is -2.24. The van der Waals surface area contributed by atoms with Crippen LogP contribution in [0.1, 0.15) is 72.4 Å². The van der Waals surface area contributed by atoms with Crippen molar-refractivity contribution in [1.82, 2.24) is 10.2 Å². The van der Waals surface area contributed by atoms with E-state index in [9.17, 15) is 9.59 Å². The molecule has 176 valence electrons. The van der Waals surface area contributed by atoms with Crippen molar-refractivity contribution < 1.29 is 4.79 Å². The van der Waals surface area contributed by atoms with Gasteiger partial charge in [0.15, 0.2) is 0 Å². The monoisotopic (exact) mass is 455 g/mol. The normalized spacial score (nSPS) is 17.0. The fourth-order valence-corrected chi connectivity index (χ4v) is 5.33. The van der Waals surface area contributed by atoms with Gasteiger partial charge in [-0.1, -0.05) is 49.2 Å². The van der Waals surface area contributed by atoms with E-state index in [4.69, 9.17) is 0 Å². The second kappa shape index (κ2) is 9.96. The summed E-state index contributed by atoms with van der Waals surface area (Å²) in [6.45, 7) is 1.90. The third-order valence-electron chi connectivity index (χ3n) is 7.41. The van der Waals surface area contributed by atoms with Crippen LogP contribution in [0.5, 0.6) is 0 Å². The summed E-state index contributed by atoms with van der Waals surface area (Å²) >= 11 is 0. The Morgan fingerprint density at radius 1 is 1.03 bits per heavy atom. The molecule has 0 saturated heterocycles. The number of anilines is 1. The average Bonchev–Trinajstić information content (AvgIpc) is 3.48. The first-order chi connectivity index (χ1) is 16.5. The summed E-state index contributed by atoms with van der Waals surface area (Å²) in [5, 5.41) is 9.78. The van der Waals surface area contributed by atoms with Gasteiger partial charge in [-0.15, -0.1) is 0 Å². The Kier molecular flexibility index (Phi) is 6.61. The third kappa shape index (κ3) is 5.46. The number of nitrogens with one attached hydrogen (secondary N) is 2. The van der Waals surface area contributed by atoms with Crippen LogP contribution in [0.25, 0.3) is 0 Å². The van der Waals surface area contributed by atoms with E-state index in [2.05, 4.69) is 58.0 Å². The highest BCUT2D eigenvalue weighted by atomic mass is 16.2. The number of carbonyl (C=O) groups excluding carboxylic acids is 1. The number of hydrogen-bond donors (Lipinski definition) is 2. The summed E-state index contributed by atoms with van der Waals surface area (Å²) in [7, 11) is 0. The van der Waals surface area contributed by atoms with Crippen molar-refractivity contribution in [2.45, 2.75) is 64.2 Å². The third-order valence-corrected chi connectivity index (χ3v) is 7.41. The van der Waals surface area contributed by atoms with E-state index in [-0.39, 0.29) is 17.4 Å². The number of aromatic nitrogens is 2. The first-order valence-electron chi connectivity index (χ1n) is 12.6. The number of hydrogen-bond acceptors (Lipinski definition) is 3. The van der Waals surface area contributed by atoms with Crippen molar-refractivity contribution >= 4 is 11.6 Å². The predicted octanol–water partition coefficient (Wildman–Crippen LogP) is 5.53. The Morgan fingerprint density at radius 2 is 1.79 bits per heavy atom. The highest BCUT2D eigenvalue weighted by Crippen LogP contribution is 2.38. The molecule has 1 atom stereocenters. The van der Waals surface area contributed by atoms with Gasteiger partial charge in [0.1, 0.15) is 0 Å². The Morgan fingerprint density at radius 3 is 2.53 bits per heavy atom. The highest BCUT2D eigenvalue weighted by Gasteiger charge is 2.32. The average molecular weight is 456 g/mol. The number of aromatic amines is 1. The van der Waals surface area contributed by atoms with E-state index in [0.29, 0.717) is 12.3 Å². The fraction of sp³-hybridized carbons (Fsp3) is 0.414. The lowest BCUT2D eigenvalue weighted by atomic mass is 9.83. The minimum atomic E-state index is -0.184. The quantitative estimate of drug-likeness (QED) is 0.469. The molecule has 3 aromatic rings. The van der Waals surface area contributed by atoms with E-state index in [1.165, 1.54) is 31.2 Å². The number of carbonyl (C=O) groups is 1. The molecule has 0 radical (unpaired) electrons. The van der Waals surface area contributed by atoms with Crippen LogP contribution >= 0.6 is 0 Å². The lowest BCUT2D eigenvalue weighted by molar-refractivity contribution is -0.118. The van der Waals surface area contributed by atoms with E-state index >= 15 is 0 Å². The molecular formula is C29H33N3O2. The Labute approximate surface area is 201 Å². The van der Waals surface area contributed by atoms with Gasteiger partial charge in [-0.05, 0) is 91.7 Å². The topological polar surface area (TPSA) is 74.8 Å². The van der Waals surface area contributed by atoms with Gasteiger partial charge in [0.2, 0.25) is 5.91 Å². The van der Waals surface area contributed by atoms with Gasteiger partial charge in [0.25, 0.3) is 5.56 Å². The molecule has 5 nitrogen and oxygen atoms in total. The van der Waals surface area contributed by atoms with E-state index in [1.807, 2.05) is 13.0 Å². The van der Waals surface area contributed by atoms with Gasteiger partial charge < -0.3 is 5.32 Å². The van der Waals surface area contributed by atoms with Crippen LogP contribution in [0.3, 0.4) is 0 Å². The molecule has 2 N–H and O–H groups in total. The van der Waals surface area contributed by atoms with Crippen molar-refractivity contribution in [1.29, 1.82) is 0 Å². The van der Waals surface area contributed by atoms with Gasteiger partial charge in [0, 0.05) is 11.8 Å². The first-order valence-corrected chi connectivity index (χ1v) is 12.6. The predicted molar refractivity (Wildman–Crippen MR) is 135 cm³/mol. The molecule has 0 aliphatic heterocycles. The van der Waals surface area contributed by atoms with Crippen LogP contribution in [0, 0.1) is 18.8 Å². The summed E-state index contributed by atoms with van der Waals surface area (Å²) in [5.41, 5.74) is 5.96. The van der Waals surface area contributed by atoms with Gasteiger partial charge in [-0.2, -0.15) is 5.10 Å². The second-order valence-electron chi connectivity index (χ2n) is 10.1. The molecule has 2 aliphatic rings. The van der Waals surface area contributed by atoms with Gasteiger partial charge in [-0.3, -0.25) is 9.59 Å². The molecule has 2 aromatic carbocycles. The van der Waals surface area contributed by atoms with Crippen LogP contribution in [0.2, 0.25) is 0 Å². The van der Waals surface area contributed by atoms with Crippen molar-refractivity contribution in [3.05, 3.63) is 92.9 Å². The number of nitrogens with zero attached hydrogens (tertiary/aromatic N) is 1. The SMILES string of the molecule is Cc1n[nH]c(=O)cc1Cc1ccc(C(C(=O)Nc2cccc(CC3CC3)c2)C2CCCC2)cc1. The van der Waals surface area contributed by atoms with Crippen LogP contribution in [-0.2, 0) is 17.6 Å².